The Bertz CT molecular complexity index is 566. The lowest BCUT2D eigenvalue weighted by Gasteiger charge is -2.06. The molecule has 2 aromatic carbocycles. The maximum Gasteiger partial charge on any atom is 0.128 e. The van der Waals surface area contributed by atoms with E-state index in [1.807, 2.05) is 0 Å². The topological polar surface area (TPSA) is 43.1 Å². The quantitative estimate of drug-likeness (QED) is 0.878. The summed E-state index contributed by atoms with van der Waals surface area (Å²) in [6.07, 6.45) is 0. The van der Waals surface area contributed by atoms with E-state index in [0.29, 0.717) is 15.6 Å². The normalized spacial score (nSPS) is 12.3. The van der Waals surface area contributed by atoms with Crippen molar-refractivity contribution in [3.63, 3.8) is 0 Å². The van der Waals surface area contributed by atoms with Crippen molar-refractivity contribution in [3.8, 4) is 0 Å². The third-order valence-electron chi connectivity index (χ3n) is 2.48. The second-order valence-corrected chi connectivity index (χ2v) is 5.62. The largest absolute Gasteiger partial charge is 0.399 e. The third-order valence-corrected chi connectivity index (χ3v) is 4.18. The van der Waals surface area contributed by atoms with Crippen molar-refractivity contribution in [2.24, 2.45) is 0 Å². The van der Waals surface area contributed by atoms with Crippen LogP contribution in [0.4, 0.5) is 10.1 Å². The van der Waals surface area contributed by atoms with Crippen LogP contribution in [-0.4, -0.2) is 4.21 Å². The molecule has 94 valence electrons. The van der Waals surface area contributed by atoms with Gasteiger partial charge in [-0.2, -0.15) is 0 Å². The molecule has 0 radical (unpaired) electrons. The SMILES string of the molecule is Nc1ccc(S(=O)Cc2c(F)cccc2Cl)cc1. The molecule has 2 rings (SSSR count). The van der Waals surface area contributed by atoms with Crippen LogP contribution in [0.1, 0.15) is 5.56 Å². The Morgan fingerprint density at radius 2 is 1.83 bits per heavy atom. The van der Waals surface area contributed by atoms with Crippen LogP contribution < -0.4 is 5.73 Å². The third kappa shape index (κ3) is 2.89. The molecule has 0 aliphatic rings. The fourth-order valence-corrected chi connectivity index (χ4v) is 2.98. The average molecular weight is 284 g/mol. The van der Waals surface area contributed by atoms with Gasteiger partial charge in [0, 0.05) is 21.2 Å². The molecular weight excluding hydrogens is 273 g/mol. The fourth-order valence-electron chi connectivity index (χ4n) is 1.50. The van der Waals surface area contributed by atoms with Crippen LogP contribution in [0.5, 0.6) is 0 Å². The van der Waals surface area contributed by atoms with E-state index in [2.05, 4.69) is 0 Å². The van der Waals surface area contributed by atoms with Crippen molar-refractivity contribution in [2.75, 3.05) is 5.73 Å². The summed E-state index contributed by atoms with van der Waals surface area (Å²) >= 11 is 5.89. The Morgan fingerprint density at radius 1 is 1.17 bits per heavy atom. The molecule has 18 heavy (non-hydrogen) atoms. The number of nitrogens with two attached hydrogens (primary N) is 1. The Labute approximate surface area is 112 Å². The van der Waals surface area contributed by atoms with Crippen molar-refractivity contribution in [1.29, 1.82) is 0 Å². The number of hydrogen-bond acceptors (Lipinski definition) is 2. The van der Waals surface area contributed by atoms with Crippen LogP contribution >= 0.6 is 11.6 Å². The summed E-state index contributed by atoms with van der Waals surface area (Å²) in [6, 6.07) is 11.1. The Kier molecular flexibility index (Phi) is 3.99. The van der Waals surface area contributed by atoms with Gasteiger partial charge >= 0.3 is 0 Å². The molecule has 2 N–H and O–H groups in total. The minimum Gasteiger partial charge on any atom is -0.399 e. The molecule has 0 aliphatic heterocycles. The van der Waals surface area contributed by atoms with Crippen molar-refractivity contribution in [3.05, 3.63) is 58.9 Å². The molecule has 0 saturated heterocycles. The maximum atomic E-state index is 13.6. The average Bonchev–Trinajstić information content (AvgIpc) is 2.34. The maximum absolute atomic E-state index is 13.6. The van der Waals surface area contributed by atoms with Gasteiger partial charge in [0.2, 0.25) is 0 Å². The van der Waals surface area contributed by atoms with Crippen molar-refractivity contribution >= 4 is 28.1 Å². The molecule has 0 heterocycles. The smallest absolute Gasteiger partial charge is 0.128 e. The molecule has 0 amide bonds. The summed E-state index contributed by atoms with van der Waals surface area (Å²) in [5.41, 5.74) is 6.42. The first kappa shape index (κ1) is 13.1. The highest BCUT2D eigenvalue weighted by molar-refractivity contribution is 7.84. The van der Waals surface area contributed by atoms with Gasteiger partial charge in [-0.25, -0.2) is 4.39 Å². The fraction of sp³-hybridized carbons (Fsp3) is 0.0769. The summed E-state index contributed by atoms with van der Waals surface area (Å²) in [4.78, 5) is 0.600. The standard InChI is InChI=1S/C13H11ClFNOS/c14-12-2-1-3-13(15)11(12)8-18(17)10-6-4-9(16)5-7-10/h1-7H,8,16H2. The zero-order valence-corrected chi connectivity index (χ0v) is 11.0. The summed E-state index contributed by atoms with van der Waals surface area (Å²) < 4.78 is 25.6. The minimum absolute atomic E-state index is 0.0510. The van der Waals surface area contributed by atoms with Crippen LogP contribution in [0, 0.1) is 5.82 Å². The molecule has 2 nitrogen and oxygen atoms in total. The monoisotopic (exact) mass is 283 g/mol. The van der Waals surface area contributed by atoms with Crippen LogP contribution in [0.25, 0.3) is 0 Å². The van der Waals surface area contributed by atoms with E-state index in [1.54, 1.807) is 30.3 Å². The lowest BCUT2D eigenvalue weighted by molar-refractivity contribution is 0.615. The molecule has 0 aliphatic carbocycles. The molecular formula is C13H11ClFNOS. The van der Waals surface area contributed by atoms with E-state index in [-0.39, 0.29) is 11.3 Å². The van der Waals surface area contributed by atoms with Gasteiger partial charge in [0.15, 0.2) is 0 Å². The highest BCUT2D eigenvalue weighted by atomic mass is 35.5. The number of benzene rings is 2. The Hall–Kier alpha value is -1.39. The number of halogens is 2. The molecule has 0 spiro atoms. The predicted octanol–water partition coefficient (Wildman–Crippen LogP) is 3.37. The molecule has 0 fully saturated rings. The molecule has 0 aromatic heterocycles. The summed E-state index contributed by atoms with van der Waals surface area (Å²) in [5.74, 6) is -0.388. The Morgan fingerprint density at radius 3 is 2.44 bits per heavy atom. The molecule has 0 saturated carbocycles. The second kappa shape index (κ2) is 5.50. The van der Waals surface area contributed by atoms with Crippen LogP contribution in [0.15, 0.2) is 47.4 Å². The van der Waals surface area contributed by atoms with Gasteiger partial charge in [0.1, 0.15) is 5.82 Å². The van der Waals surface area contributed by atoms with Crippen molar-refractivity contribution in [2.45, 2.75) is 10.6 Å². The van der Waals surface area contributed by atoms with E-state index in [0.717, 1.165) is 0 Å². The van der Waals surface area contributed by atoms with Crippen molar-refractivity contribution < 1.29 is 8.60 Å². The summed E-state index contributed by atoms with van der Waals surface area (Å²) in [5, 5.41) is 0.291. The predicted molar refractivity (Wildman–Crippen MR) is 72.4 cm³/mol. The molecule has 1 atom stereocenters. The minimum atomic E-state index is -1.34. The van der Waals surface area contributed by atoms with Gasteiger partial charge < -0.3 is 5.73 Å². The first-order valence-corrected chi connectivity index (χ1v) is 6.94. The van der Waals surface area contributed by atoms with Gasteiger partial charge in [-0.1, -0.05) is 17.7 Å². The number of nitrogen functional groups attached to an aromatic ring is 1. The van der Waals surface area contributed by atoms with E-state index in [9.17, 15) is 8.60 Å². The number of anilines is 1. The van der Waals surface area contributed by atoms with Gasteiger partial charge in [-0.3, -0.25) is 4.21 Å². The lowest BCUT2D eigenvalue weighted by Crippen LogP contribution is -2.00. The lowest BCUT2D eigenvalue weighted by atomic mass is 10.2. The van der Waals surface area contributed by atoms with Crippen molar-refractivity contribution in [1.82, 2.24) is 0 Å². The van der Waals surface area contributed by atoms with E-state index >= 15 is 0 Å². The highest BCUT2D eigenvalue weighted by Crippen LogP contribution is 2.23. The number of hydrogen-bond donors (Lipinski definition) is 1. The zero-order valence-electron chi connectivity index (χ0n) is 9.40. The molecule has 1 unspecified atom stereocenters. The van der Waals surface area contributed by atoms with Crippen LogP contribution in [0.2, 0.25) is 5.02 Å². The number of rotatable bonds is 3. The van der Waals surface area contributed by atoms with Crippen LogP contribution in [-0.2, 0) is 16.6 Å². The van der Waals surface area contributed by atoms with Gasteiger partial charge in [-0.05, 0) is 36.4 Å². The van der Waals surface area contributed by atoms with E-state index in [4.69, 9.17) is 17.3 Å². The Balaban J connectivity index is 2.24. The van der Waals surface area contributed by atoms with E-state index < -0.39 is 16.6 Å². The zero-order chi connectivity index (χ0) is 13.1. The first-order chi connectivity index (χ1) is 8.58. The van der Waals surface area contributed by atoms with Gasteiger partial charge in [-0.15, -0.1) is 0 Å². The first-order valence-electron chi connectivity index (χ1n) is 5.25. The second-order valence-electron chi connectivity index (χ2n) is 3.76. The summed E-state index contributed by atoms with van der Waals surface area (Å²) in [7, 11) is -1.34. The summed E-state index contributed by atoms with van der Waals surface area (Å²) in [6.45, 7) is 0. The van der Waals surface area contributed by atoms with Crippen LogP contribution in [0.3, 0.4) is 0 Å². The molecule has 5 heteroatoms. The molecule has 0 bridgehead atoms. The van der Waals surface area contributed by atoms with Gasteiger partial charge in [0.25, 0.3) is 0 Å². The van der Waals surface area contributed by atoms with Gasteiger partial charge in [0.05, 0.1) is 16.6 Å². The van der Waals surface area contributed by atoms with E-state index in [1.165, 1.54) is 12.1 Å². The highest BCUT2D eigenvalue weighted by Gasteiger charge is 2.12. The molecule has 2 aromatic rings.